The summed E-state index contributed by atoms with van der Waals surface area (Å²) in [7, 11) is 1.84. The van der Waals surface area contributed by atoms with Gasteiger partial charge in [0.1, 0.15) is 0 Å². The number of aromatic nitrogens is 2. The first kappa shape index (κ1) is 15.9. The molecule has 0 saturated carbocycles. The highest BCUT2D eigenvalue weighted by Gasteiger charge is 2.27. The molecule has 5 nitrogen and oxygen atoms in total. The highest BCUT2D eigenvalue weighted by molar-refractivity contribution is 5.85. The first-order valence-electron chi connectivity index (χ1n) is 5.31. The third kappa shape index (κ3) is 4.75. The van der Waals surface area contributed by atoms with Gasteiger partial charge in [-0.15, -0.1) is 12.4 Å². The van der Waals surface area contributed by atoms with Crippen molar-refractivity contribution < 1.29 is 4.79 Å². The Kier molecular flexibility index (Phi) is 5.64. The lowest BCUT2D eigenvalue weighted by Gasteiger charge is -2.25. The molecular weight excluding hydrogens is 240 g/mol. The van der Waals surface area contributed by atoms with Crippen LogP contribution >= 0.6 is 12.4 Å². The van der Waals surface area contributed by atoms with Crippen molar-refractivity contribution in [2.45, 2.75) is 33.4 Å². The Morgan fingerprint density at radius 2 is 2.18 bits per heavy atom. The average molecular weight is 261 g/mol. The molecule has 0 aliphatic carbocycles. The molecule has 0 spiro atoms. The molecule has 1 heterocycles. The molecule has 0 aliphatic heterocycles. The van der Waals surface area contributed by atoms with Crippen LogP contribution in [0.25, 0.3) is 0 Å². The number of amides is 1. The molecule has 0 radical (unpaired) electrons. The number of aryl methyl sites for hydroxylation is 1. The van der Waals surface area contributed by atoms with E-state index in [1.807, 2.05) is 34.0 Å². The molecule has 0 aromatic carbocycles. The minimum absolute atomic E-state index is 0. The zero-order valence-electron chi connectivity index (χ0n) is 10.7. The normalized spacial score (nSPS) is 12.8. The third-order valence-corrected chi connectivity index (χ3v) is 2.44. The molecule has 0 bridgehead atoms. The molecule has 1 amide bonds. The largest absolute Gasteiger partial charge is 0.351 e. The Morgan fingerprint density at radius 1 is 1.59 bits per heavy atom. The fourth-order valence-electron chi connectivity index (χ4n) is 1.26. The van der Waals surface area contributed by atoms with Crippen LogP contribution in [-0.2, 0) is 18.4 Å². The van der Waals surface area contributed by atoms with Gasteiger partial charge in [0.15, 0.2) is 0 Å². The number of carbonyl (C=O) groups is 1. The topological polar surface area (TPSA) is 72.9 Å². The van der Waals surface area contributed by atoms with E-state index in [1.54, 1.807) is 10.9 Å². The van der Waals surface area contributed by atoms with E-state index in [1.165, 1.54) is 0 Å². The van der Waals surface area contributed by atoms with E-state index in [-0.39, 0.29) is 23.7 Å². The van der Waals surface area contributed by atoms with Crippen LogP contribution < -0.4 is 11.1 Å². The van der Waals surface area contributed by atoms with Crippen LogP contribution in [0.5, 0.6) is 0 Å². The maximum Gasteiger partial charge on any atom is 0.237 e. The number of carbonyl (C=O) groups excluding carboxylic acids is 1. The van der Waals surface area contributed by atoms with Crippen LogP contribution in [0.15, 0.2) is 12.4 Å². The Labute approximate surface area is 108 Å². The van der Waals surface area contributed by atoms with Crippen molar-refractivity contribution in [3.05, 3.63) is 18.0 Å². The Hall–Kier alpha value is -1.07. The lowest BCUT2D eigenvalue weighted by atomic mass is 9.87. The molecular formula is C11H21ClN4O. The molecule has 17 heavy (non-hydrogen) atoms. The van der Waals surface area contributed by atoms with E-state index in [2.05, 4.69) is 10.4 Å². The van der Waals surface area contributed by atoms with Gasteiger partial charge in [0.2, 0.25) is 5.91 Å². The van der Waals surface area contributed by atoms with Crippen molar-refractivity contribution in [1.29, 1.82) is 0 Å². The number of hydrogen-bond acceptors (Lipinski definition) is 3. The standard InChI is InChI=1S/C11H20N4O.ClH/c1-11(2,3)9(12)10(16)13-5-8-6-14-15(4)7-8;/h6-7,9H,5,12H2,1-4H3,(H,13,16);1H/t9-;/m1./s1. The predicted molar refractivity (Wildman–Crippen MR) is 69.7 cm³/mol. The molecule has 1 atom stereocenters. The van der Waals surface area contributed by atoms with Gasteiger partial charge in [0.05, 0.1) is 12.2 Å². The maximum atomic E-state index is 11.7. The lowest BCUT2D eigenvalue weighted by molar-refractivity contribution is -0.124. The number of nitrogens with two attached hydrogens (primary N) is 1. The molecule has 6 heteroatoms. The first-order valence-corrected chi connectivity index (χ1v) is 5.31. The van der Waals surface area contributed by atoms with E-state index in [9.17, 15) is 4.79 Å². The van der Waals surface area contributed by atoms with Crippen molar-refractivity contribution >= 4 is 18.3 Å². The summed E-state index contributed by atoms with van der Waals surface area (Å²) in [5.74, 6) is -0.128. The van der Waals surface area contributed by atoms with E-state index in [4.69, 9.17) is 5.73 Å². The molecule has 0 fully saturated rings. The second-order valence-electron chi connectivity index (χ2n) is 5.08. The molecule has 0 unspecified atom stereocenters. The summed E-state index contributed by atoms with van der Waals surface area (Å²) in [6, 6.07) is -0.496. The zero-order valence-corrected chi connectivity index (χ0v) is 11.5. The molecule has 98 valence electrons. The second kappa shape index (κ2) is 6.02. The Morgan fingerprint density at radius 3 is 2.59 bits per heavy atom. The van der Waals surface area contributed by atoms with Gasteiger partial charge in [-0.1, -0.05) is 20.8 Å². The van der Waals surface area contributed by atoms with E-state index >= 15 is 0 Å². The van der Waals surface area contributed by atoms with Crippen molar-refractivity contribution in [3.8, 4) is 0 Å². The summed E-state index contributed by atoms with van der Waals surface area (Å²) in [6.45, 7) is 6.31. The predicted octanol–water partition coefficient (Wildman–Crippen LogP) is 0.831. The third-order valence-electron chi connectivity index (χ3n) is 2.44. The van der Waals surface area contributed by atoms with Crippen LogP contribution in [-0.4, -0.2) is 21.7 Å². The summed E-state index contributed by atoms with van der Waals surface area (Å²) in [5.41, 5.74) is 6.58. The van der Waals surface area contributed by atoms with Crippen LogP contribution in [0.4, 0.5) is 0 Å². The van der Waals surface area contributed by atoms with Crippen LogP contribution in [0.1, 0.15) is 26.3 Å². The van der Waals surface area contributed by atoms with Gasteiger partial charge in [-0.05, 0) is 5.41 Å². The van der Waals surface area contributed by atoms with E-state index < -0.39 is 6.04 Å². The lowest BCUT2D eigenvalue weighted by Crippen LogP contribution is -2.48. The fraction of sp³-hybridized carbons (Fsp3) is 0.636. The molecule has 1 aromatic rings. The smallest absolute Gasteiger partial charge is 0.237 e. The minimum atomic E-state index is -0.496. The van der Waals surface area contributed by atoms with E-state index in [0.29, 0.717) is 6.54 Å². The van der Waals surface area contributed by atoms with Crippen molar-refractivity contribution in [3.63, 3.8) is 0 Å². The highest BCUT2D eigenvalue weighted by Crippen LogP contribution is 2.17. The van der Waals surface area contributed by atoms with Gasteiger partial charge >= 0.3 is 0 Å². The zero-order chi connectivity index (χ0) is 12.3. The van der Waals surface area contributed by atoms with Crippen molar-refractivity contribution in [2.75, 3.05) is 0 Å². The Bertz CT molecular complexity index is 370. The van der Waals surface area contributed by atoms with Gasteiger partial charge in [-0.25, -0.2) is 0 Å². The summed E-state index contributed by atoms with van der Waals surface area (Å²) in [4.78, 5) is 11.7. The van der Waals surface area contributed by atoms with Gasteiger partial charge in [-0.3, -0.25) is 9.48 Å². The maximum absolute atomic E-state index is 11.7. The minimum Gasteiger partial charge on any atom is -0.351 e. The summed E-state index contributed by atoms with van der Waals surface area (Å²) >= 11 is 0. The SMILES string of the molecule is Cl.Cn1cc(CNC(=O)[C@@H](N)C(C)(C)C)cn1. The number of halogens is 1. The monoisotopic (exact) mass is 260 g/mol. The van der Waals surface area contributed by atoms with Crippen molar-refractivity contribution in [1.82, 2.24) is 15.1 Å². The second-order valence-corrected chi connectivity index (χ2v) is 5.08. The molecule has 0 aliphatic rings. The summed E-state index contributed by atoms with van der Waals surface area (Å²) < 4.78 is 1.70. The molecule has 1 aromatic heterocycles. The van der Waals surface area contributed by atoms with Gasteiger partial charge in [0, 0.05) is 25.4 Å². The fourth-order valence-corrected chi connectivity index (χ4v) is 1.26. The van der Waals surface area contributed by atoms with Crippen molar-refractivity contribution in [2.24, 2.45) is 18.2 Å². The van der Waals surface area contributed by atoms with Gasteiger partial charge < -0.3 is 11.1 Å². The van der Waals surface area contributed by atoms with Gasteiger partial charge in [0.25, 0.3) is 0 Å². The van der Waals surface area contributed by atoms with Gasteiger partial charge in [-0.2, -0.15) is 5.10 Å². The Balaban J connectivity index is 0.00000256. The summed E-state index contributed by atoms with van der Waals surface area (Å²) in [6.07, 6.45) is 3.59. The molecule has 1 rings (SSSR count). The average Bonchev–Trinajstić information content (AvgIpc) is 2.58. The van der Waals surface area contributed by atoms with Crippen LogP contribution in [0, 0.1) is 5.41 Å². The molecule has 0 saturated heterocycles. The highest BCUT2D eigenvalue weighted by atomic mass is 35.5. The number of nitrogens with zero attached hydrogens (tertiary/aromatic N) is 2. The quantitative estimate of drug-likeness (QED) is 0.846. The molecule has 3 N–H and O–H groups in total. The number of hydrogen-bond donors (Lipinski definition) is 2. The first-order chi connectivity index (χ1) is 7.30. The summed E-state index contributed by atoms with van der Waals surface area (Å²) in [5, 5.41) is 6.82. The van der Waals surface area contributed by atoms with E-state index in [0.717, 1.165) is 5.56 Å². The number of rotatable bonds is 3. The van der Waals surface area contributed by atoms with Crippen LogP contribution in [0.2, 0.25) is 0 Å². The van der Waals surface area contributed by atoms with Crippen LogP contribution in [0.3, 0.4) is 0 Å². The number of nitrogens with one attached hydrogen (secondary N) is 1.